The van der Waals surface area contributed by atoms with E-state index < -0.39 is 0 Å². The lowest BCUT2D eigenvalue weighted by molar-refractivity contribution is -0.00000234. The highest BCUT2D eigenvalue weighted by Gasteiger charge is 2.00. The van der Waals surface area contributed by atoms with Crippen molar-refractivity contribution in [1.82, 2.24) is 4.98 Å². The molecular formula is C9H9BrNS2-. The number of rotatable bonds is 2. The lowest BCUT2D eigenvalue weighted by Gasteiger charge is -1.84. The van der Waals surface area contributed by atoms with E-state index in [0.29, 0.717) is 0 Å². The minimum Gasteiger partial charge on any atom is -1.00 e. The molecule has 0 atom stereocenters. The van der Waals surface area contributed by atoms with Crippen molar-refractivity contribution < 1.29 is 17.0 Å². The SMILES string of the molecule is CCSc1nc2ccccc2s1.[Br-]. The molecule has 0 spiro atoms. The van der Waals surface area contributed by atoms with Gasteiger partial charge in [-0.1, -0.05) is 30.8 Å². The number of hydrogen-bond donors (Lipinski definition) is 0. The second-order valence-corrected chi connectivity index (χ2v) is 4.92. The predicted molar refractivity (Wildman–Crippen MR) is 56.0 cm³/mol. The molecule has 2 rings (SSSR count). The van der Waals surface area contributed by atoms with Gasteiger partial charge in [0.15, 0.2) is 4.34 Å². The molecule has 4 heteroatoms. The van der Waals surface area contributed by atoms with Crippen LogP contribution in [0.25, 0.3) is 10.2 Å². The standard InChI is InChI=1S/C9H9NS2.BrH/c1-2-11-9-10-7-5-3-4-6-8(7)12-9;/h3-6H,2H2,1H3;1H/p-1. The van der Waals surface area contributed by atoms with Crippen molar-refractivity contribution in [1.29, 1.82) is 0 Å². The molecule has 0 radical (unpaired) electrons. The minimum absolute atomic E-state index is 0. The van der Waals surface area contributed by atoms with Crippen molar-refractivity contribution in [3.05, 3.63) is 24.3 Å². The molecule has 0 saturated heterocycles. The van der Waals surface area contributed by atoms with Crippen molar-refractivity contribution in [2.45, 2.75) is 11.3 Å². The highest BCUT2D eigenvalue weighted by molar-refractivity contribution is 8.01. The van der Waals surface area contributed by atoms with Gasteiger partial charge in [-0.2, -0.15) is 0 Å². The van der Waals surface area contributed by atoms with E-state index in [9.17, 15) is 0 Å². The fourth-order valence-electron chi connectivity index (χ4n) is 1.04. The van der Waals surface area contributed by atoms with Gasteiger partial charge in [0.05, 0.1) is 10.2 Å². The quantitative estimate of drug-likeness (QED) is 0.736. The fourth-order valence-corrected chi connectivity index (χ4v) is 3.00. The van der Waals surface area contributed by atoms with E-state index in [1.807, 2.05) is 17.8 Å². The van der Waals surface area contributed by atoms with Gasteiger partial charge in [-0.15, -0.1) is 11.3 Å². The fraction of sp³-hybridized carbons (Fsp3) is 0.222. The monoisotopic (exact) mass is 274 g/mol. The average Bonchev–Trinajstić information content (AvgIpc) is 2.47. The van der Waals surface area contributed by atoms with Crippen LogP contribution in [0.3, 0.4) is 0 Å². The summed E-state index contributed by atoms with van der Waals surface area (Å²) >= 11 is 3.58. The molecule has 0 bridgehead atoms. The Balaban J connectivity index is 0.000000845. The Morgan fingerprint density at radius 1 is 1.38 bits per heavy atom. The zero-order chi connectivity index (χ0) is 8.39. The van der Waals surface area contributed by atoms with Crippen molar-refractivity contribution in [2.75, 3.05) is 5.75 Å². The van der Waals surface area contributed by atoms with Gasteiger partial charge in [-0.25, -0.2) is 4.98 Å². The molecule has 1 aromatic heterocycles. The first-order valence-corrected chi connectivity index (χ1v) is 5.68. The summed E-state index contributed by atoms with van der Waals surface area (Å²) in [5, 5.41) is 0. The van der Waals surface area contributed by atoms with Crippen LogP contribution in [0, 0.1) is 0 Å². The summed E-state index contributed by atoms with van der Waals surface area (Å²) in [6.07, 6.45) is 0. The Bertz CT molecular complexity index is 353. The molecule has 2 aromatic rings. The number of aromatic nitrogens is 1. The average molecular weight is 275 g/mol. The molecule has 1 aromatic carbocycles. The van der Waals surface area contributed by atoms with Crippen molar-refractivity contribution in [3.8, 4) is 0 Å². The number of benzene rings is 1. The first-order chi connectivity index (χ1) is 5.90. The second kappa shape index (κ2) is 4.98. The Morgan fingerprint density at radius 3 is 2.85 bits per heavy atom. The normalized spacial score (nSPS) is 9.92. The smallest absolute Gasteiger partial charge is 0.151 e. The van der Waals surface area contributed by atoms with Crippen LogP contribution in [0.15, 0.2) is 28.6 Å². The number of para-hydroxylation sites is 1. The summed E-state index contributed by atoms with van der Waals surface area (Å²) in [5.74, 6) is 1.10. The van der Waals surface area contributed by atoms with Crippen molar-refractivity contribution in [3.63, 3.8) is 0 Å². The third kappa shape index (κ3) is 2.45. The first-order valence-electron chi connectivity index (χ1n) is 3.88. The Morgan fingerprint density at radius 2 is 2.15 bits per heavy atom. The van der Waals surface area contributed by atoms with Crippen LogP contribution in [0.2, 0.25) is 0 Å². The lowest BCUT2D eigenvalue weighted by Crippen LogP contribution is -3.00. The van der Waals surface area contributed by atoms with Gasteiger partial charge in [-0.3, -0.25) is 0 Å². The predicted octanol–water partition coefficient (Wildman–Crippen LogP) is 0.412. The molecule has 0 saturated carbocycles. The van der Waals surface area contributed by atoms with Crippen molar-refractivity contribution >= 4 is 33.3 Å². The third-order valence-electron chi connectivity index (χ3n) is 1.54. The Kier molecular flexibility index (Phi) is 4.22. The molecule has 0 aliphatic carbocycles. The minimum atomic E-state index is 0. The number of halogens is 1. The largest absolute Gasteiger partial charge is 1.00 e. The molecule has 0 unspecified atom stereocenters. The molecule has 0 aliphatic heterocycles. The number of hydrogen-bond acceptors (Lipinski definition) is 3. The van der Waals surface area contributed by atoms with Gasteiger partial charge >= 0.3 is 0 Å². The Labute approximate surface area is 96.3 Å². The molecular weight excluding hydrogens is 266 g/mol. The topological polar surface area (TPSA) is 12.9 Å². The molecule has 1 heterocycles. The summed E-state index contributed by atoms with van der Waals surface area (Å²) in [6, 6.07) is 8.27. The summed E-state index contributed by atoms with van der Waals surface area (Å²) in [6.45, 7) is 2.15. The number of thioether (sulfide) groups is 1. The summed E-state index contributed by atoms with van der Waals surface area (Å²) in [7, 11) is 0. The third-order valence-corrected chi connectivity index (χ3v) is 3.60. The van der Waals surface area contributed by atoms with E-state index in [1.54, 1.807) is 11.3 Å². The van der Waals surface area contributed by atoms with Crippen LogP contribution in [0.1, 0.15) is 6.92 Å². The zero-order valence-corrected chi connectivity index (χ0v) is 10.4. The summed E-state index contributed by atoms with van der Waals surface area (Å²) in [4.78, 5) is 4.48. The number of thiazole rings is 1. The van der Waals surface area contributed by atoms with Gasteiger partial charge in [0, 0.05) is 0 Å². The van der Waals surface area contributed by atoms with Gasteiger partial charge in [0.1, 0.15) is 0 Å². The molecule has 0 amide bonds. The van der Waals surface area contributed by atoms with Crippen molar-refractivity contribution in [2.24, 2.45) is 0 Å². The van der Waals surface area contributed by atoms with Gasteiger partial charge in [-0.05, 0) is 17.9 Å². The van der Waals surface area contributed by atoms with E-state index in [4.69, 9.17) is 0 Å². The van der Waals surface area contributed by atoms with Gasteiger partial charge < -0.3 is 17.0 Å². The van der Waals surface area contributed by atoms with Gasteiger partial charge in [0.25, 0.3) is 0 Å². The maximum absolute atomic E-state index is 4.48. The summed E-state index contributed by atoms with van der Waals surface area (Å²) in [5.41, 5.74) is 1.12. The molecule has 70 valence electrons. The molecule has 1 nitrogen and oxygen atoms in total. The molecule has 0 aliphatic rings. The Hall–Kier alpha value is -0.0600. The molecule has 0 fully saturated rings. The van der Waals surface area contributed by atoms with E-state index in [-0.39, 0.29) is 17.0 Å². The van der Waals surface area contributed by atoms with Crippen LogP contribution in [0.5, 0.6) is 0 Å². The summed E-state index contributed by atoms with van der Waals surface area (Å²) < 4.78 is 2.46. The molecule has 13 heavy (non-hydrogen) atoms. The molecule has 0 N–H and O–H groups in total. The first kappa shape index (κ1) is 11.0. The van der Waals surface area contributed by atoms with Crippen LogP contribution in [-0.4, -0.2) is 10.7 Å². The highest BCUT2D eigenvalue weighted by atomic mass is 79.9. The van der Waals surface area contributed by atoms with E-state index in [1.165, 1.54) is 9.04 Å². The lowest BCUT2D eigenvalue weighted by atomic mass is 10.3. The van der Waals surface area contributed by atoms with E-state index >= 15 is 0 Å². The van der Waals surface area contributed by atoms with E-state index in [0.717, 1.165) is 11.3 Å². The van der Waals surface area contributed by atoms with Crippen LogP contribution >= 0.6 is 23.1 Å². The highest BCUT2D eigenvalue weighted by Crippen LogP contribution is 2.28. The second-order valence-electron chi connectivity index (χ2n) is 2.38. The zero-order valence-electron chi connectivity index (χ0n) is 7.16. The van der Waals surface area contributed by atoms with Crippen LogP contribution in [0.4, 0.5) is 0 Å². The maximum atomic E-state index is 4.48. The maximum Gasteiger partial charge on any atom is 0.151 e. The van der Waals surface area contributed by atoms with Gasteiger partial charge in [0.2, 0.25) is 0 Å². The van der Waals surface area contributed by atoms with Crippen LogP contribution in [-0.2, 0) is 0 Å². The number of nitrogens with zero attached hydrogens (tertiary/aromatic N) is 1. The van der Waals surface area contributed by atoms with Crippen LogP contribution < -0.4 is 17.0 Å². The van der Waals surface area contributed by atoms with E-state index in [2.05, 4.69) is 30.1 Å². The number of fused-ring (bicyclic) bond motifs is 1.